The molecule has 0 bridgehead atoms. The largest absolute Gasteiger partial charge is 0.497 e. The lowest BCUT2D eigenvalue weighted by Gasteiger charge is -2.19. The molecule has 0 aliphatic heterocycles. The van der Waals surface area contributed by atoms with Gasteiger partial charge in [0.25, 0.3) is 0 Å². The van der Waals surface area contributed by atoms with E-state index in [9.17, 15) is 0 Å². The maximum atomic E-state index is 8.14. The first-order chi connectivity index (χ1) is 12.3. The topological polar surface area (TPSA) is 38.7 Å². The third-order valence-electron chi connectivity index (χ3n) is 4.14. The van der Waals surface area contributed by atoms with Gasteiger partial charge in [-0.25, -0.2) is 0 Å². The minimum absolute atomic E-state index is 0.252. The van der Waals surface area contributed by atoms with Crippen LogP contribution in [0.15, 0.2) is 36.9 Å². The van der Waals surface area contributed by atoms with Crippen LogP contribution in [-0.2, 0) is 11.3 Å². The quantitative estimate of drug-likeness (QED) is 0.500. The zero-order valence-corrected chi connectivity index (χ0v) is 17.7. The molecule has 1 N–H and O–H groups in total. The third-order valence-corrected chi connectivity index (χ3v) is 4.14. The Morgan fingerprint density at radius 1 is 1.00 bits per heavy atom. The van der Waals surface area contributed by atoms with Gasteiger partial charge in [-0.2, -0.15) is 0 Å². The molecule has 2 atom stereocenters. The van der Waals surface area contributed by atoms with Crippen LogP contribution in [0.2, 0.25) is 0 Å². The molecule has 150 valence electrons. The smallest absolute Gasteiger partial charge is 0.118 e. The molecule has 1 aromatic carbocycles. The number of hydrogen-bond donors (Lipinski definition) is 1. The first-order valence-corrected chi connectivity index (χ1v) is 9.80. The van der Waals surface area contributed by atoms with Crippen molar-refractivity contribution in [2.45, 2.75) is 66.6 Å². The Bertz CT molecular complexity index is 451. The molecular formula is C23H40O3. The van der Waals surface area contributed by atoms with E-state index >= 15 is 0 Å². The summed E-state index contributed by atoms with van der Waals surface area (Å²) in [5, 5.41) is 8.14. The van der Waals surface area contributed by atoms with E-state index in [0.717, 1.165) is 18.1 Å². The van der Waals surface area contributed by atoms with Crippen molar-refractivity contribution in [3.05, 3.63) is 42.5 Å². The Morgan fingerprint density at radius 2 is 1.58 bits per heavy atom. The highest BCUT2D eigenvalue weighted by molar-refractivity contribution is 5.26. The molecule has 0 fully saturated rings. The van der Waals surface area contributed by atoms with Crippen LogP contribution in [0, 0.1) is 17.8 Å². The van der Waals surface area contributed by atoms with Crippen LogP contribution in [0.1, 0.15) is 59.4 Å². The SMILES string of the molecule is C=CC(CCC(C)C)CC(C)OCc1ccc(OC)cc1.CC(C)CO. The lowest BCUT2D eigenvalue weighted by molar-refractivity contribution is 0.0394. The third kappa shape index (κ3) is 13.0. The highest BCUT2D eigenvalue weighted by atomic mass is 16.5. The second kappa shape index (κ2) is 14.8. The molecule has 0 aliphatic carbocycles. The van der Waals surface area contributed by atoms with Crippen molar-refractivity contribution in [3.63, 3.8) is 0 Å². The van der Waals surface area contributed by atoms with Crippen LogP contribution < -0.4 is 4.74 Å². The van der Waals surface area contributed by atoms with Crippen LogP contribution >= 0.6 is 0 Å². The van der Waals surface area contributed by atoms with Gasteiger partial charge < -0.3 is 14.6 Å². The van der Waals surface area contributed by atoms with E-state index in [0.29, 0.717) is 25.0 Å². The average molecular weight is 365 g/mol. The lowest BCUT2D eigenvalue weighted by Crippen LogP contribution is -2.13. The van der Waals surface area contributed by atoms with Crippen molar-refractivity contribution in [1.29, 1.82) is 0 Å². The molecule has 1 aromatic rings. The first kappa shape index (κ1) is 24.7. The summed E-state index contributed by atoms with van der Waals surface area (Å²) >= 11 is 0. The molecule has 3 nitrogen and oxygen atoms in total. The molecule has 0 aromatic heterocycles. The lowest BCUT2D eigenvalue weighted by atomic mass is 9.93. The van der Waals surface area contributed by atoms with E-state index in [1.54, 1.807) is 7.11 Å². The fourth-order valence-electron chi connectivity index (χ4n) is 2.33. The summed E-state index contributed by atoms with van der Waals surface area (Å²) in [5.74, 6) is 2.63. The van der Waals surface area contributed by atoms with Crippen molar-refractivity contribution < 1.29 is 14.6 Å². The number of aliphatic hydroxyl groups excluding tert-OH is 1. The molecule has 0 spiro atoms. The van der Waals surface area contributed by atoms with Crippen molar-refractivity contribution in [2.75, 3.05) is 13.7 Å². The molecule has 0 amide bonds. The van der Waals surface area contributed by atoms with Gasteiger partial charge in [0.1, 0.15) is 5.75 Å². The molecule has 0 heterocycles. The minimum Gasteiger partial charge on any atom is -0.497 e. The standard InChI is InChI=1S/C19H30O2.C4H10O/c1-6-17(8-7-15(2)3)13-16(4)21-14-18-9-11-19(20-5)12-10-18;1-4(2)3-5/h6,9-12,15-17H,1,7-8,13-14H2,2-5H3;4-5H,3H2,1-2H3. The van der Waals surface area contributed by atoms with E-state index in [-0.39, 0.29) is 6.10 Å². The second-order valence-electron chi connectivity index (χ2n) is 7.75. The molecular weight excluding hydrogens is 324 g/mol. The summed E-state index contributed by atoms with van der Waals surface area (Å²) in [5.41, 5.74) is 1.18. The van der Waals surface area contributed by atoms with Crippen molar-refractivity contribution in [2.24, 2.45) is 17.8 Å². The number of ether oxygens (including phenoxy) is 2. The van der Waals surface area contributed by atoms with Gasteiger partial charge >= 0.3 is 0 Å². The van der Waals surface area contributed by atoms with E-state index in [1.807, 2.05) is 26.0 Å². The number of methoxy groups -OCH3 is 1. The molecule has 0 saturated heterocycles. The van der Waals surface area contributed by atoms with Gasteiger partial charge in [0.2, 0.25) is 0 Å². The Balaban J connectivity index is 0.00000110. The number of hydrogen-bond acceptors (Lipinski definition) is 3. The van der Waals surface area contributed by atoms with Gasteiger partial charge in [-0.15, -0.1) is 6.58 Å². The minimum atomic E-state index is 0.252. The fraction of sp³-hybridized carbons (Fsp3) is 0.652. The van der Waals surface area contributed by atoms with Gasteiger partial charge in [-0.1, -0.05) is 52.3 Å². The average Bonchev–Trinajstić information content (AvgIpc) is 2.64. The van der Waals surface area contributed by atoms with E-state index in [4.69, 9.17) is 14.6 Å². The molecule has 2 unspecified atom stereocenters. The van der Waals surface area contributed by atoms with Crippen molar-refractivity contribution in [1.82, 2.24) is 0 Å². The van der Waals surface area contributed by atoms with Gasteiger partial charge in [-0.05, 0) is 55.2 Å². The number of rotatable bonds is 11. The van der Waals surface area contributed by atoms with E-state index in [2.05, 4.69) is 45.6 Å². The highest BCUT2D eigenvalue weighted by Gasteiger charge is 2.11. The first-order valence-electron chi connectivity index (χ1n) is 9.80. The Hall–Kier alpha value is -1.32. The van der Waals surface area contributed by atoms with Crippen LogP contribution in [-0.4, -0.2) is 24.9 Å². The van der Waals surface area contributed by atoms with Crippen molar-refractivity contribution in [3.8, 4) is 5.75 Å². The highest BCUT2D eigenvalue weighted by Crippen LogP contribution is 2.20. The molecule has 0 radical (unpaired) electrons. The number of allylic oxidation sites excluding steroid dienone is 1. The fourth-order valence-corrected chi connectivity index (χ4v) is 2.33. The van der Waals surface area contributed by atoms with Crippen molar-refractivity contribution >= 4 is 0 Å². The Kier molecular flexibility index (Phi) is 14.1. The number of aliphatic hydroxyl groups is 1. The zero-order valence-electron chi connectivity index (χ0n) is 17.7. The van der Waals surface area contributed by atoms with E-state index < -0.39 is 0 Å². The summed E-state index contributed by atoms with van der Waals surface area (Å²) < 4.78 is 11.1. The molecule has 26 heavy (non-hydrogen) atoms. The van der Waals surface area contributed by atoms with Gasteiger partial charge in [0.05, 0.1) is 19.8 Å². The van der Waals surface area contributed by atoms with Gasteiger partial charge in [0, 0.05) is 6.61 Å². The molecule has 0 aliphatic rings. The van der Waals surface area contributed by atoms with E-state index in [1.165, 1.54) is 18.4 Å². The normalized spacial score (nSPS) is 13.1. The molecule has 3 heteroatoms. The monoisotopic (exact) mass is 364 g/mol. The molecule has 1 rings (SSSR count). The van der Waals surface area contributed by atoms with Crippen LogP contribution in [0.25, 0.3) is 0 Å². The maximum absolute atomic E-state index is 8.14. The predicted molar refractivity (Wildman–Crippen MR) is 112 cm³/mol. The Morgan fingerprint density at radius 3 is 2.00 bits per heavy atom. The summed E-state index contributed by atoms with van der Waals surface area (Å²) in [6, 6.07) is 8.04. The zero-order chi connectivity index (χ0) is 19.9. The van der Waals surface area contributed by atoms with Gasteiger partial charge in [-0.3, -0.25) is 0 Å². The maximum Gasteiger partial charge on any atom is 0.118 e. The second-order valence-corrected chi connectivity index (χ2v) is 7.75. The summed E-state index contributed by atoms with van der Waals surface area (Å²) in [6.45, 7) is 15.5. The number of benzene rings is 1. The van der Waals surface area contributed by atoms with Crippen LogP contribution in [0.5, 0.6) is 5.75 Å². The summed E-state index contributed by atoms with van der Waals surface area (Å²) in [4.78, 5) is 0. The Labute approximate surface area is 161 Å². The van der Waals surface area contributed by atoms with Gasteiger partial charge in [0.15, 0.2) is 0 Å². The van der Waals surface area contributed by atoms with Crippen LogP contribution in [0.4, 0.5) is 0 Å². The van der Waals surface area contributed by atoms with Crippen LogP contribution in [0.3, 0.4) is 0 Å². The predicted octanol–water partition coefficient (Wildman–Crippen LogP) is 5.86. The summed E-state index contributed by atoms with van der Waals surface area (Å²) in [7, 11) is 1.68. The molecule has 0 saturated carbocycles. The summed E-state index contributed by atoms with van der Waals surface area (Å²) in [6.07, 6.45) is 5.84.